The molecule has 222 valence electrons. The molecule has 3 fully saturated rings. The third kappa shape index (κ3) is 7.33. The zero-order chi connectivity index (χ0) is 29.0. The lowest BCUT2D eigenvalue weighted by molar-refractivity contribution is -0.140. The van der Waals surface area contributed by atoms with Crippen molar-refractivity contribution in [1.82, 2.24) is 4.98 Å². The summed E-state index contributed by atoms with van der Waals surface area (Å²) in [7, 11) is 1.51. The highest BCUT2D eigenvalue weighted by Gasteiger charge is 2.44. The van der Waals surface area contributed by atoms with Crippen LogP contribution < -0.4 is 24.6 Å². The topological polar surface area (TPSA) is 96.0 Å². The molecule has 5 rings (SSSR count). The Balaban J connectivity index is 1.32. The van der Waals surface area contributed by atoms with Crippen molar-refractivity contribution >= 4 is 46.8 Å². The fourth-order valence-electron chi connectivity index (χ4n) is 5.43. The van der Waals surface area contributed by atoms with Crippen LogP contribution in [0.15, 0.2) is 30.3 Å². The van der Waals surface area contributed by atoms with Crippen LogP contribution in [0.4, 0.5) is 31.8 Å². The van der Waals surface area contributed by atoms with E-state index in [4.69, 9.17) is 9.47 Å². The molecule has 1 spiro atoms. The first-order valence-electron chi connectivity index (χ1n) is 14.1. The monoisotopic (exact) mass is 589 g/mol. The third-order valence-electron chi connectivity index (χ3n) is 8.14. The molecule has 0 atom stereocenters. The first kappa shape index (κ1) is 29.2. The number of pyridine rings is 1. The molecule has 0 radical (unpaired) electrons. The number of carbonyl (C=O) groups excluding carboxylic acids is 2. The van der Waals surface area contributed by atoms with Crippen molar-refractivity contribution in [3.63, 3.8) is 0 Å². The Morgan fingerprint density at radius 3 is 2.37 bits per heavy atom. The quantitative estimate of drug-likeness (QED) is 0.209. The predicted octanol–water partition coefficient (Wildman–Crippen LogP) is 5.58. The van der Waals surface area contributed by atoms with Crippen molar-refractivity contribution in [1.29, 1.82) is 0 Å². The van der Waals surface area contributed by atoms with Crippen LogP contribution in [0.5, 0.6) is 5.75 Å². The van der Waals surface area contributed by atoms with E-state index in [0.29, 0.717) is 40.7 Å². The van der Waals surface area contributed by atoms with Gasteiger partial charge in [-0.3, -0.25) is 9.59 Å². The minimum atomic E-state index is -2.68. The summed E-state index contributed by atoms with van der Waals surface area (Å²) in [6.45, 7) is 3.77. The molecule has 12 heteroatoms. The first-order chi connectivity index (χ1) is 19.7. The maximum Gasteiger partial charge on any atom is 0.302 e. The lowest BCUT2D eigenvalue weighted by atomic mass is 9.93. The van der Waals surface area contributed by atoms with Gasteiger partial charge >= 0.3 is 5.97 Å². The van der Waals surface area contributed by atoms with Gasteiger partial charge in [0.25, 0.3) is 11.8 Å². The average molecular weight is 590 g/mol. The van der Waals surface area contributed by atoms with Gasteiger partial charge in [0.15, 0.2) is 11.6 Å². The van der Waals surface area contributed by atoms with Crippen molar-refractivity contribution in [3.05, 3.63) is 35.9 Å². The standard InChI is InChI=1S/C29H37F2N5O4S/c1-20(37)40-17-18-41-34-21-3-4-22(23(19-21)35-13-9-28(7-8-28)10-14-35)27(38)33-25-6-5-24(39-2)26(32-25)36-15-11-29(30,31)12-16-36/h3-6,19,34H,7-18H2,1-2H3,(H,32,33,38). The molecule has 0 bridgehead atoms. The number of methoxy groups -OCH3 is 1. The van der Waals surface area contributed by atoms with Gasteiger partial charge in [0.05, 0.1) is 18.4 Å². The molecule has 1 amide bonds. The fourth-order valence-corrected chi connectivity index (χ4v) is 5.99. The zero-order valence-electron chi connectivity index (χ0n) is 23.5. The molecule has 1 aromatic heterocycles. The molecule has 2 N–H and O–H groups in total. The number of nitrogens with zero attached hydrogens (tertiary/aromatic N) is 3. The molecule has 0 unspecified atom stereocenters. The lowest BCUT2D eigenvalue weighted by Crippen LogP contribution is -2.40. The number of benzene rings is 1. The van der Waals surface area contributed by atoms with Gasteiger partial charge in [-0.05, 0) is 73.4 Å². The summed E-state index contributed by atoms with van der Waals surface area (Å²) in [5.74, 6) is -1.46. The number of ether oxygens (including phenoxy) is 2. The van der Waals surface area contributed by atoms with Crippen molar-refractivity contribution in [3.8, 4) is 5.75 Å². The van der Waals surface area contributed by atoms with Crippen LogP contribution in [-0.4, -0.2) is 68.4 Å². The number of rotatable bonds is 10. The van der Waals surface area contributed by atoms with Crippen molar-refractivity contribution in [2.24, 2.45) is 5.41 Å². The number of carbonyl (C=O) groups is 2. The lowest BCUT2D eigenvalue weighted by Gasteiger charge is -2.35. The normalized spacial score (nSPS) is 19.0. The Labute approximate surface area is 243 Å². The van der Waals surface area contributed by atoms with Crippen molar-refractivity contribution in [2.45, 2.75) is 51.4 Å². The largest absolute Gasteiger partial charge is 0.493 e. The van der Waals surface area contributed by atoms with Gasteiger partial charge in [-0.2, -0.15) is 0 Å². The highest BCUT2D eigenvalue weighted by atomic mass is 32.2. The van der Waals surface area contributed by atoms with Crippen LogP contribution in [0.3, 0.4) is 0 Å². The van der Waals surface area contributed by atoms with E-state index in [-0.39, 0.29) is 37.8 Å². The minimum absolute atomic E-state index is 0.154. The highest BCUT2D eigenvalue weighted by Crippen LogP contribution is 2.54. The van der Waals surface area contributed by atoms with E-state index in [1.807, 2.05) is 12.1 Å². The molecule has 3 aliphatic rings. The van der Waals surface area contributed by atoms with Gasteiger partial charge in [0.2, 0.25) is 0 Å². The zero-order valence-corrected chi connectivity index (χ0v) is 24.3. The molecule has 3 heterocycles. The number of halogens is 2. The molecular formula is C29H37F2N5O4S. The summed E-state index contributed by atoms with van der Waals surface area (Å²) in [6.07, 6.45) is 4.29. The summed E-state index contributed by atoms with van der Waals surface area (Å²) in [6, 6.07) is 9.00. The number of aromatic nitrogens is 1. The number of hydrogen-bond acceptors (Lipinski definition) is 9. The second-order valence-corrected chi connectivity index (χ2v) is 11.9. The number of anilines is 4. The second-order valence-electron chi connectivity index (χ2n) is 11.0. The van der Waals surface area contributed by atoms with Gasteiger partial charge in [0.1, 0.15) is 12.4 Å². The maximum absolute atomic E-state index is 13.7. The third-order valence-corrected chi connectivity index (χ3v) is 8.89. The van der Waals surface area contributed by atoms with Gasteiger partial charge in [-0.15, -0.1) is 0 Å². The molecular weight excluding hydrogens is 552 g/mol. The van der Waals surface area contributed by atoms with Crippen LogP contribution in [0, 0.1) is 5.41 Å². The number of nitrogens with one attached hydrogen (secondary N) is 2. The molecule has 2 aromatic rings. The van der Waals surface area contributed by atoms with Crippen LogP contribution in [0.1, 0.15) is 55.8 Å². The molecule has 1 aromatic carbocycles. The Kier molecular flexibility index (Phi) is 8.77. The minimum Gasteiger partial charge on any atom is -0.493 e. The molecule has 2 saturated heterocycles. The summed E-state index contributed by atoms with van der Waals surface area (Å²) in [4.78, 5) is 33.3. The molecule has 9 nitrogen and oxygen atoms in total. The summed E-state index contributed by atoms with van der Waals surface area (Å²) < 4.78 is 41.2. The van der Waals surface area contributed by atoms with E-state index in [1.54, 1.807) is 23.1 Å². The Morgan fingerprint density at radius 1 is 1.00 bits per heavy atom. The SMILES string of the molecule is COc1ccc(NC(=O)c2ccc(NSCCOC(C)=O)cc2N2CCC3(CC2)CC3)nc1N1CCC(F)(F)CC1. The number of alkyl halides is 2. The van der Waals surface area contributed by atoms with Crippen LogP contribution >= 0.6 is 11.9 Å². The Bertz CT molecular complexity index is 1260. The first-order valence-corrected chi connectivity index (χ1v) is 15.0. The molecule has 41 heavy (non-hydrogen) atoms. The van der Waals surface area contributed by atoms with Crippen molar-refractivity contribution < 1.29 is 27.8 Å². The smallest absolute Gasteiger partial charge is 0.302 e. The van der Waals surface area contributed by atoms with Gasteiger partial charge in [-0.25, -0.2) is 13.8 Å². The van der Waals surface area contributed by atoms with Crippen LogP contribution in [0.25, 0.3) is 0 Å². The van der Waals surface area contributed by atoms with E-state index in [2.05, 4.69) is 19.9 Å². The maximum atomic E-state index is 13.7. The molecule has 1 saturated carbocycles. The fraction of sp³-hybridized carbons (Fsp3) is 0.552. The van der Waals surface area contributed by atoms with Crippen molar-refractivity contribution in [2.75, 3.05) is 65.5 Å². The van der Waals surface area contributed by atoms with E-state index < -0.39 is 5.92 Å². The Morgan fingerprint density at radius 2 is 1.71 bits per heavy atom. The number of esters is 1. The number of hydrogen-bond donors (Lipinski definition) is 2. The van der Waals surface area contributed by atoms with Crippen LogP contribution in [-0.2, 0) is 9.53 Å². The summed E-state index contributed by atoms with van der Waals surface area (Å²) >= 11 is 1.43. The number of piperidine rings is 2. The second kappa shape index (κ2) is 12.3. The Hall–Kier alpha value is -3.28. The summed E-state index contributed by atoms with van der Waals surface area (Å²) in [5.41, 5.74) is 2.71. The molecule has 2 aliphatic heterocycles. The average Bonchev–Trinajstić information content (AvgIpc) is 3.71. The van der Waals surface area contributed by atoms with Gasteiger partial charge in [-0.1, -0.05) is 0 Å². The summed E-state index contributed by atoms with van der Waals surface area (Å²) in [5, 5.41) is 2.92. The van der Waals surface area contributed by atoms with E-state index >= 15 is 0 Å². The molecule has 1 aliphatic carbocycles. The highest BCUT2D eigenvalue weighted by molar-refractivity contribution is 8.00. The van der Waals surface area contributed by atoms with Gasteiger partial charge < -0.3 is 29.3 Å². The van der Waals surface area contributed by atoms with E-state index in [9.17, 15) is 18.4 Å². The number of amides is 1. The van der Waals surface area contributed by atoms with E-state index in [0.717, 1.165) is 37.3 Å². The van der Waals surface area contributed by atoms with E-state index in [1.165, 1.54) is 38.8 Å². The van der Waals surface area contributed by atoms with Gasteiger partial charge in [0, 0.05) is 57.4 Å². The predicted molar refractivity (Wildman–Crippen MR) is 157 cm³/mol. The van der Waals surface area contributed by atoms with Crippen LogP contribution in [0.2, 0.25) is 0 Å².